The number of carbonyl (C=O) groups is 2. The van der Waals surface area contributed by atoms with Gasteiger partial charge >= 0.3 is 5.97 Å². The maximum atomic E-state index is 13.5. The lowest BCUT2D eigenvalue weighted by atomic mass is 9.97. The number of nitrogens with zero attached hydrogens (tertiary/aromatic N) is 2. The fraction of sp³-hybridized carbons (Fsp3) is 0.440. The number of benzene rings is 2. The number of ether oxygens (including phenoxy) is 2. The van der Waals surface area contributed by atoms with Gasteiger partial charge in [-0.1, -0.05) is 30.3 Å². The van der Waals surface area contributed by atoms with Gasteiger partial charge in [-0.15, -0.1) is 0 Å². The summed E-state index contributed by atoms with van der Waals surface area (Å²) in [4.78, 5) is 26.8. The molecule has 1 amide bonds. The van der Waals surface area contributed by atoms with Gasteiger partial charge in [0, 0.05) is 19.6 Å². The molecule has 0 N–H and O–H groups in total. The van der Waals surface area contributed by atoms with Crippen LogP contribution in [0.1, 0.15) is 32.3 Å². The largest absolute Gasteiger partial charge is 0.494 e. The van der Waals surface area contributed by atoms with Crippen LogP contribution >= 0.6 is 0 Å². The van der Waals surface area contributed by atoms with Crippen molar-refractivity contribution in [3.05, 3.63) is 60.2 Å². The number of sulfonamides is 1. The van der Waals surface area contributed by atoms with Crippen LogP contribution in [0.4, 0.5) is 0 Å². The molecule has 1 fully saturated rings. The highest BCUT2D eigenvalue weighted by atomic mass is 32.2. The molecule has 0 bridgehead atoms. The van der Waals surface area contributed by atoms with Crippen molar-refractivity contribution < 1.29 is 27.5 Å². The molecule has 0 aliphatic carbocycles. The molecule has 0 unspecified atom stereocenters. The zero-order valence-electron chi connectivity index (χ0n) is 19.7. The summed E-state index contributed by atoms with van der Waals surface area (Å²) >= 11 is 0. The molecule has 0 spiro atoms. The van der Waals surface area contributed by atoms with E-state index in [-0.39, 0.29) is 35.8 Å². The van der Waals surface area contributed by atoms with Crippen molar-refractivity contribution in [2.75, 3.05) is 32.8 Å². The van der Waals surface area contributed by atoms with Crippen molar-refractivity contribution in [3.8, 4) is 5.75 Å². The first-order valence-electron chi connectivity index (χ1n) is 11.6. The average molecular weight is 489 g/mol. The minimum absolute atomic E-state index is 0.0708. The van der Waals surface area contributed by atoms with Crippen LogP contribution in [0, 0.1) is 5.92 Å². The number of rotatable bonds is 10. The van der Waals surface area contributed by atoms with Crippen LogP contribution in [0.5, 0.6) is 5.75 Å². The van der Waals surface area contributed by atoms with Crippen molar-refractivity contribution in [2.45, 2.75) is 38.1 Å². The Morgan fingerprint density at radius 2 is 1.62 bits per heavy atom. The molecule has 0 radical (unpaired) electrons. The summed E-state index contributed by atoms with van der Waals surface area (Å²) in [6, 6.07) is 15.4. The number of amides is 1. The second-order valence-electron chi connectivity index (χ2n) is 8.07. The molecule has 1 aliphatic heterocycles. The molecule has 34 heavy (non-hydrogen) atoms. The van der Waals surface area contributed by atoms with Crippen LogP contribution in [0.25, 0.3) is 0 Å². The number of esters is 1. The molecule has 1 heterocycles. The quantitative estimate of drug-likeness (QED) is 0.477. The van der Waals surface area contributed by atoms with E-state index in [1.165, 1.54) is 16.4 Å². The van der Waals surface area contributed by atoms with Gasteiger partial charge in [0.15, 0.2) is 0 Å². The van der Waals surface area contributed by atoms with Crippen LogP contribution in [-0.4, -0.2) is 62.3 Å². The molecule has 2 aromatic carbocycles. The summed E-state index contributed by atoms with van der Waals surface area (Å²) in [5.74, 6) is -0.167. The Hall–Kier alpha value is -2.91. The summed E-state index contributed by atoms with van der Waals surface area (Å²) in [6.45, 7) is 5.00. The van der Waals surface area contributed by atoms with Crippen molar-refractivity contribution in [1.29, 1.82) is 0 Å². The van der Waals surface area contributed by atoms with E-state index in [4.69, 9.17) is 9.47 Å². The highest BCUT2D eigenvalue weighted by molar-refractivity contribution is 7.89. The molecule has 0 saturated carbocycles. The Bertz CT molecular complexity index is 1050. The molecule has 9 heteroatoms. The predicted molar refractivity (Wildman–Crippen MR) is 128 cm³/mol. The SMILES string of the molecule is CCOC(=O)C1CCN(C(=O)CN(Cc2ccccc2)S(=O)(=O)c2ccc(OCC)cc2)CC1. The van der Waals surface area contributed by atoms with Crippen molar-refractivity contribution in [1.82, 2.24) is 9.21 Å². The highest BCUT2D eigenvalue weighted by Crippen LogP contribution is 2.23. The Kier molecular flexibility index (Phi) is 9.06. The van der Waals surface area contributed by atoms with E-state index in [2.05, 4.69) is 0 Å². The Balaban J connectivity index is 1.75. The maximum Gasteiger partial charge on any atom is 0.309 e. The molecule has 1 saturated heterocycles. The van der Waals surface area contributed by atoms with Crippen LogP contribution < -0.4 is 4.74 Å². The van der Waals surface area contributed by atoms with E-state index < -0.39 is 10.0 Å². The Labute approximate surface area is 201 Å². The summed E-state index contributed by atoms with van der Waals surface area (Å²) < 4.78 is 38.7. The summed E-state index contributed by atoms with van der Waals surface area (Å²) in [7, 11) is -3.94. The van der Waals surface area contributed by atoms with E-state index in [9.17, 15) is 18.0 Å². The lowest BCUT2D eigenvalue weighted by molar-refractivity contribution is -0.151. The van der Waals surface area contributed by atoms with E-state index in [0.29, 0.717) is 44.9 Å². The van der Waals surface area contributed by atoms with Gasteiger partial charge in [-0.25, -0.2) is 8.42 Å². The summed E-state index contributed by atoms with van der Waals surface area (Å²) in [5, 5.41) is 0. The predicted octanol–water partition coefficient (Wildman–Crippen LogP) is 3.08. The van der Waals surface area contributed by atoms with Gasteiger partial charge in [0.2, 0.25) is 15.9 Å². The van der Waals surface area contributed by atoms with Gasteiger partial charge in [-0.05, 0) is 56.5 Å². The third-order valence-corrected chi connectivity index (χ3v) is 7.56. The maximum absolute atomic E-state index is 13.5. The third kappa shape index (κ3) is 6.57. The van der Waals surface area contributed by atoms with Gasteiger partial charge in [-0.3, -0.25) is 9.59 Å². The molecular formula is C25H32N2O6S. The second kappa shape index (κ2) is 12.0. The topological polar surface area (TPSA) is 93.2 Å². The molecule has 0 atom stereocenters. The Morgan fingerprint density at radius 3 is 2.21 bits per heavy atom. The average Bonchev–Trinajstić information content (AvgIpc) is 2.85. The number of carbonyl (C=O) groups excluding carboxylic acids is 2. The second-order valence-corrected chi connectivity index (χ2v) is 10.0. The highest BCUT2D eigenvalue weighted by Gasteiger charge is 2.32. The van der Waals surface area contributed by atoms with E-state index in [0.717, 1.165) is 5.56 Å². The standard InChI is InChI=1S/C25H32N2O6S/c1-3-32-22-10-12-23(13-11-22)34(30,31)27(18-20-8-6-5-7-9-20)19-24(28)26-16-14-21(15-17-26)25(29)33-4-2/h5-13,21H,3-4,14-19H2,1-2H3. The minimum Gasteiger partial charge on any atom is -0.494 e. The van der Waals surface area contributed by atoms with Gasteiger partial charge in [0.1, 0.15) is 5.75 Å². The van der Waals surface area contributed by atoms with Crippen molar-refractivity contribution in [3.63, 3.8) is 0 Å². The van der Waals surface area contributed by atoms with E-state index >= 15 is 0 Å². The van der Waals surface area contributed by atoms with E-state index in [1.54, 1.807) is 24.0 Å². The van der Waals surface area contributed by atoms with Gasteiger partial charge in [-0.2, -0.15) is 4.31 Å². The number of piperidine rings is 1. The monoisotopic (exact) mass is 488 g/mol. The fourth-order valence-electron chi connectivity index (χ4n) is 3.91. The molecule has 2 aromatic rings. The minimum atomic E-state index is -3.94. The van der Waals surface area contributed by atoms with Crippen LogP contribution in [-0.2, 0) is 30.9 Å². The number of hydrogen-bond acceptors (Lipinski definition) is 6. The summed E-state index contributed by atoms with van der Waals surface area (Å²) in [5.41, 5.74) is 0.783. The number of hydrogen-bond donors (Lipinski definition) is 0. The third-order valence-electron chi connectivity index (χ3n) is 5.75. The zero-order valence-corrected chi connectivity index (χ0v) is 20.5. The molecule has 3 rings (SSSR count). The first-order valence-corrected chi connectivity index (χ1v) is 13.0. The Morgan fingerprint density at radius 1 is 0.971 bits per heavy atom. The first-order chi connectivity index (χ1) is 16.3. The smallest absolute Gasteiger partial charge is 0.309 e. The van der Waals surface area contributed by atoms with Crippen LogP contribution in [0.2, 0.25) is 0 Å². The zero-order chi connectivity index (χ0) is 24.6. The van der Waals surface area contributed by atoms with Crippen molar-refractivity contribution in [2.24, 2.45) is 5.92 Å². The van der Waals surface area contributed by atoms with Crippen molar-refractivity contribution >= 4 is 21.9 Å². The molecule has 1 aliphatic rings. The van der Waals surface area contributed by atoms with Gasteiger partial charge in [0.25, 0.3) is 0 Å². The van der Waals surface area contributed by atoms with Gasteiger partial charge < -0.3 is 14.4 Å². The number of likely N-dealkylation sites (tertiary alicyclic amines) is 1. The first kappa shape index (κ1) is 25.7. The molecular weight excluding hydrogens is 456 g/mol. The molecule has 0 aromatic heterocycles. The van der Waals surface area contributed by atoms with Crippen LogP contribution in [0.15, 0.2) is 59.5 Å². The summed E-state index contributed by atoms with van der Waals surface area (Å²) in [6.07, 6.45) is 1.02. The molecule has 184 valence electrons. The fourth-order valence-corrected chi connectivity index (χ4v) is 5.29. The van der Waals surface area contributed by atoms with E-state index in [1.807, 2.05) is 37.3 Å². The van der Waals surface area contributed by atoms with Crippen LogP contribution in [0.3, 0.4) is 0 Å². The lowest BCUT2D eigenvalue weighted by Crippen LogP contribution is -2.46. The lowest BCUT2D eigenvalue weighted by Gasteiger charge is -2.32. The molecule has 8 nitrogen and oxygen atoms in total. The van der Waals surface area contributed by atoms with Gasteiger partial charge in [0.05, 0.1) is 30.6 Å². The normalized spacial score (nSPS) is 14.7.